The minimum Gasteiger partial charge on any atom is -0.481 e. The molecule has 0 saturated carbocycles. The first kappa shape index (κ1) is 14.0. The van der Waals surface area contributed by atoms with Crippen molar-refractivity contribution < 1.29 is 14.4 Å². The summed E-state index contributed by atoms with van der Waals surface area (Å²) >= 11 is 0. The molecule has 6 heteroatoms. The van der Waals surface area contributed by atoms with Gasteiger partial charge in [-0.1, -0.05) is 18.5 Å². The molecule has 2 rings (SSSR count). The van der Waals surface area contributed by atoms with Gasteiger partial charge in [-0.05, 0) is 25.8 Å². The van der Waals surface area contributed by atoms with Crippen LogP contribution in [0.2, 0.25) is 0 Å². The Bertz CT molecular complexity index is 419. The molecule has 0 spiro atoms. The number of aliphatic carboxylic acids is 1. The van der Waals surface area contributed by atoms with Crippen molar-refractivity contribution in [2.75, 3.05) is 6.54 Å². The molecule has 0 aliphatic carbocycles. The van der Waals surface area contributed by atoms with Gasteiger partial charge >= 0.3 is 5.97 Å². The summed E-state index contributed by atoms with van der Waals surface area (Å²) < 4.78 is 5.22. The monoisotopic (exact) mass is 267 g/mol. The van der Waals surface area contributed by atoms with E-state index in [1.807, 2.05) is 0 Å². The predicted octanol–water partition coefficient (Wildman–Crippen LogP) is 1.85. The minimum absolute atomic E-state index is 0.0905. The highest BCUT2D eigenvalue weighted by atomic mass is 16.5. The summed E-state index contributed by atoms with van der Waals surface area (Å²) in [6, 6.07) is 0.0905. The summed E-state index contributed by atoms with van der Waals surface area (Å²) in [5.74, 6) is 0.596. The molecule has 1 aliphatic heterocycles. The maximum atomic E-state index is 10.9. The van der Waals surface area contributed by atoms with Gasteiger partial charge in [0.15, 0.2) is 5.82 Å². The highest BCUT2D eigenvalue weighted by Crippen LogP contribution is 2.21. The summed E-state index contributed by atoms with van der Waals surface area (Å²) in [6.07, 6.45) is 5.13. The SMILES string of the molecule is CCCc1noc(CN2CCCCC2CC(=O)O)n1. The van der Waals surface area contributed by atoms with E-state index in [1.165, 1.54) is 0 Å². The van der Waals surface area contributed by atoms with Crippen LogP contribution in [0.1, 0.15) is 50.7 Å². The molecule has 1 fully saturated rings. The number of hydrogen-bond acceptors (Lipinski definition) is 5. The molecule has 1 aliphatic rings. The lowest BCUT2D eigenvalue weighted by Gasteiger charge is -2.33. The summed E-state index contributed by atoms with van der Waals surface area (Å²) in [5.41, 5.74) is 0. The van der Waals surface area contributed by atoms with Crippen LogP contribution in [0.5, 0.6) is 0 Å². The van der Waals surface area contributed by atoms with Crippen LogP contribution in [0.4, 0.5) is 0 Å². The fourth-order valence-electron chi connectivity index (χ4n) is 2.55. The maximum absolute atomic E-state index is 10.9. The zero-order valence-corrected chi connectivity index (χ0v) is 11.3. The average molecular weight is 267 g/mol. The van der Waals surface area contributed by atoms with Crippen LogP contribution in [0.3, 0.4) is 0 Å². The molecule has 0 radical (unpaired) electrons. The van der Waals surface area contributed by atoms with E-state index in [2.05, 4.69) is 22.0 Å². The molecule has 2 heterocycles. The van der Waals surface area contributed by atoms with Crippen LogP contribution >= 0.6 is 0 Å². The fraction of sp³-hybridized carbons (Fsp3) is 0.769. The topological polar surface area (TPSA) is 79.5 Å². The number of carbonyl (C=O) groups is 1. The Kier molecular flexibility index (Phi) is 4.90. The van der Waals surface area contributed by atoms with Crippen LogP contribution in [0, 0.1) is 0 Å². The molecule has 106 valence electrons. The Morgan fingerprint density at radius 2 is 2.37 bits per heavy atom. The van der Waals surface area contributed by atoms with E-state index in [-0.39, 0.29) is 12.5 Å². The van der Waals surface area contributed by atoms with Gasteiger partial charge in [0.25, 0.3) is 0 Å². The molecule has 1 aromatic rings. The van der Waals surface area contributed by atoms with Crippen molar-refractivity contribution in [3.63, 3.8) is 0 Å². The summed E-state index contributed by atoms with van der Waals surface area (Å²) in [5, 5.41) is 12.9. The maximum Gasteiger partial charge on any atom is 0.304 e. The number of nitrogens with zero attached hydrogens (tertiary/aromatic N) is 3. The minimum atomic E-state index is -0.742. The number of hydrogen-bond donors (Lipinski definition) is 1. The number of likely N-dealkylation sites (tertiary alicyclic amines) is 1. The molecule has 1 N–H and O–H groups in total. The van der Waals surface area contributed by atoms with Crippen LogP contribution in [-0.2, 0) is 17.8 Å². The Morgan fingerprint density at radius 3 is 3.11 bits per heavy atom. The van der Waals surface area contributed by atoms with E-state index in [0.717, 1.165) is 44.5 Å². The Morgan fingerprint density at radius 1 is 1.53 bits per heavy atom. The molecular formula is C13H21N3O3. The quantitative estimate of drug-likeness (QED) is 0.847. The second kappa shape index (κ2) is 6.65. The molecule has 0 bridgehead atoms. The van der Waals surface area contributed by atoms with E-state index in [4.69, 9.17) is 9.63 Å². The smallest absolute Gasteiger partial charge is 0.304 e. The standard InChI is InChI=1S/C13H21N3O3/c1-2-5-11-14-12(19-15-11)9-16-7-4-3-6-10(16)8-13(17)18/h10H,2-9H2,1H3,(H,17,18). The average Bonchev–Trinajstić information content (AvgIpc) is 2.79. The van der Waals surface area contributed by atoms with Gasteiger partial charge in [-0.15, -0.1) is 0 Å². The number of carboxylic acids is 1. The molecule has 0 aromatic carbocycles. The van der Waals surface area contributed by atoms with Crippen LogP contribution < -0.4 is 0 Å². The zero-order valence-electron chi connectivity index (χ0n) is 11.3. The highest BCUT2D eigenvalue weighted by molar-refractivity contribution is 5.67. The first-order chi connectivity index (χ1) is 9.19. The Labute approximate surface area is 112 Å². The normalized spacial score (nSPS) is 20.6. The van der Waals surface area contributed by atoms with Crippen LogP contribution in [0.15, 0.2) is 4.52 Å². The number of carboxylic acid groups (broad SMARTS) is 1. The molecule has 0 amide bonds. The van der Waals surface area contributed by atoms with E-state index in [0.29, 0.717) is 12.4 Å². The van der Waals surface area contributed by atoms with Gasteiger partial charge in [-0.2, -0.15) is 4.98 Å². The third-order valence-corrected chi connectivity index (χ3v) is 3.48. The Hall–Kier alpha value is -1.43. The van der Waals surface area contributed by atoms with E-state index < -0.39 is 5.97 Å². The summed E-state index contributed by atoms with van der Waals surface area (Å²) in [4.78, 5) is 17.4. The number of aromatic nitrogens is 2. The van der Waals surface area contributed by atoms with Crippen LogP contribution in [0.25, 0.3) is 0 Å². The van der Waals surface area contributed by atoms with Gasteiger partial charge in [0, 0.05) is 12.5 Å². The molecule has 1 aromatic heterocycles. The molecule has 1 atom stereocenters. The van der Waals surface area contributed by atoms with Crippen molar-refractivity contribution in [3.05, 3.63) is 11.7 Å². The van der Waals surface area contributed by atoms with E-state index >= 15 is 0 Å². The van der Waals surface area contributed by atoms with Gasteiger partial charge in [0.1, 0.15) is 0 Å². The lowest BCUT2D eigenvalue weighted by molar-refractivity contribution is -0.138. The van der Waals surface area contributed by atoms with Crippen molar-refractivity contribution in [1.82, 2.24) is 15.0 Å². The molecule has 1 saturated heterocycles. The molecule has 19 heavy (non-hydrogen) atoms. The molecular weight excluding hydrogens is 246 g/mol. The highest BCUT2D eigenvalue weighted by Gasteiger charge is 2.26. The van der Waals surface area contributed by atoms with E-state index in [9.17, 15) is 4.79 Å². The van der Waals surface area contributed by atoms with Crippen molar-refractivity contribution in [1.29, 1.82) is 0 Å². The van der Waals surface area contributed by atoms with E-state index in [1.54, 1.807) is 0 Å². The first-order valence-electron chi connectivity index (χ1n) is 6.96. The predicted molar refractivity (Wildman–Crippen MR) is 68.6 cm³/mol. The van der Waals surface area contributed by atoms with Crippen molar-refractivity contribution in [3.8, 4) is 0 Å². The van der Waals surface area contributed by atoms with Gasteiger partial charge in [-0.3, -0.25) is 9.69 Å². The largest absolute Gasteiger partial charge is 0.481 e. The van der Waals surface area contributed by atoms with Crippen molar-refractivity contribution >= 4 is 5.97 Å². The molecule has 1 unspecified atom stereocenters. The number of piperidine rings is 1. The third kappa shape index (κ3) is 4.02. The van der Waals surface area contributed by atoms with Gasteiger partial charge < -0.3 is 9.63 Å². The summed E-state index contributed by atoms with van der Waals surface area (Å²) in [6.45, 7) is 3.54. The third-order valence-electron chi connectivity index (χ3n) is 3.48. The van der Waals surface area contributed by atoms with Crippen molar-refractivity contribution in [2.24, 2.45) is 0 Å². The number of aryl methyl sites for hydroxylation is 1. The number of rotatable bonds is 6. The fourth-order valence-corrected chi connectivity index (χ4v) is 2.55. The zero-order chi connectivity index (χ0) is 13.7. The lowest BCUT2D eigenvalue weighted by Crippen LogP contribution is -2.40. The molecule has 6 nitrogen and oxygen atoms in total. The second-order valence-electron chi connectivity index (χ2n) is 5.07. The Balaban J connectivity index is 1.95. The lowest BCUT2D eigenvalue weighted by atomic mass is 9.99. The van der Waals surface area contributed by atoms with Gasteiger partial charge in [0.05, 0.1) is 13.0 Å². The summed E-state index contributed by atoms with van der Waals surface area (Å²) in [7, 11) is 0. The van der Waals surface area contributed by atoms with Crippen LogP contribution in [-0.4, -0.2) is 38.7 Å². The second-order valence-corrected chi connectivity index (χ2v) is 5.07. The van der Waals surface area contributed by atoms with Crippen molar-refractivity contribution in [2.45, 2.75) is 58.0 Å². The van der Waals surface area contributed by atoms with Gasteiger partial charge in [0.2, 0.25) is 5.89 Å². The van der Waals surface area contributed by atoms with Gasteiger partial charge in [-0.25, -0.2) is 0 Å². The first-order valence-corrected chi connectivity index (χ1v) is 6.96.